The van der Waals surface area contributed by atoms with Crippen LogP contribution >= 0.6 is 11.3 Å². The van der Waals surface area contributed by atoms with Crippen LogP contribution in [0.3, 0.4) is 0 Å². The Morgan fingerprint density at radius 1 is 1.48 bits per heavy atom. The molecule has 6 heteroatoms. The Hall–Kier alpha value is -1.69. The van der Waals surface area contributed by atoms with Gasteiger partial charge in [0.2, 0.25) is 0 Å². The minimum atomic E-state index is -0.0663. The first-order valence-corrected chi connectivity index (χ1v) is 8.20. The van der Waals surface area contributed by atoms with Gasteiger partial charge in [0.1, 0.15) is 11.5 Å². The molecule has 0 saturated carbocycles. The van der Waals surface area contributed by atoms with E-state index in [9.17, 15) is 4.79 Å². The highest BCUT2D eigenvalue weighted by molar-refractivity contribution is 7.09. The molecule has 21 heavy (non-hydrogen) atoms. The summed E-state index contributed by atoms with van der Waals surface area (Å²) in [5.74, 6) is 1.42. The Morgan fingerprint density at radius 3 is 3.00 bits per heavy atom. The molecule has 1 N–H and O–H groups in total. The normalized spacial score (nSPS) is 17.8. The number of nitrogens with one attached hydrogen (secondary N) is 1. The van der Waals surface area contributed by atoms with Crippen molar-refractivity contribution < 1.29 is 4.79 Å². The summed E-state index contributed by atoms with van der Waals surface area (Å²) < 4.78 is 2.14. The average molecular weight is 304 g/mol. The third-order valence-corrected chi connectivity index (χ3v) is 4.84. The molecule has 5 nitrogen and oxygen atoms in total. The lowest BCUT2D eigenvalue weighted by atomic mass is 10.1. The topological polar surface area (TPSA) is 59.8 Å². The lowest BCUT2D eigenvalue weighted by molar-refractivity contribution is 0.0923. The number of hydrogen-bond acceptors (Lipinski definition) is 4. The molecule has 2 aromatic rings. The Bertz CT molecular complexity index is 658. The van der Waals surface area contributed by atoms with Crippen LogP contribution in [0.1, 0.15) is 53.2 Å². The molecule has 0 fully saturated rings. The van der Waals surface area contributed by atoms with E-state index in [-0.39, 0.29) is 11.9 Å². The summed E-state index contributed by atoms with van der Waals surface area (Å²) in [7, 11) is 0. The standard InChI is InChI=1S/C15H20N4OS/c1-9(2)15-18-12(8-21-15)14(20)17-11-4-5-13-16-10(3)6-19(13)7-11/h6,8-9,11H,4-5,7H2,1-3H3,(H,17,20)/t11-/m0/s1. The molecule has 1 amide bonds. The lowest BCUT2D eigenvalue weighted by Gasteiger charge is -2.24. The van der Waals surface area contributed by atoms with Crippen molar-refractivity contribution in [1.29, 1.82) is 0 Å². The van der Waals surface area contributed by atoms with Crippen LogP contribution in [0.5, 0.6) is 0 Å². The SMILES string of the molecule is Cc1cn2c(n1)CC[C@H](NC(=O)c1csc(C(C)C)n1)C2. The van der Waals surface area contributed by atoms with Gasteiger partial charge in [-0.25, -0.2) is 9.97 Å². The van der Waals surface area contributed by atoms with Gasteiger partial charge in [-0.05, 0) is 13.3 Å². The third kappa shape index (κ3) is 3.00. The van der Waals surface area contributed by atoms with Gasteiger partial charge in [0, 0.05) is 36.5 Å². The number of fused-ring (bicyclic) bond motifs is 1. The quantitative estimate of drug-likeness (QED) is 0.948. The summed E-state index contributed by atoms with van der Waals surface area (Å²) in [6.45, 7) is 6.97. The van der Waals surface area contributed by atoms with Crippen molar-refractivity contribution in [3.05, 3.63) is 33.8 Å². The van der Waals surface area contributed by atoms with Gasteiger partial charge >= 0.3 is 0 Å². The van der Waals surface area contributed by atoms with Gasteiger partial charge in [0.05, 0.1) is 10.7 Å². The van der Waals surface area contributed by atoms with Crippen molar-refractivity contribution >= 4 is 17.2 Å². The van der Waals surface area contributed by atoms with E-state index < -0.39 is 0 Å². The highest BCUT2D eigenvalue weighted by Crippen LogP contribution is 2.20. The third-order valence-electron chi connectivity index (χ3n) is 3.70. The maximum atomic E-state index is 12.3. The smallest absolute Gasteiger partial charge is 0.271 e. The number of aromatic nitrogens is 3. The Balaban J connectivity index is 1.65. The predicted octanol–water partition coefficient (Wildman–Crippen LogP) is 2.52. The minimum Gasteiger partial charge on any atom is -0.346 e. The Labute approximate surface area is 128 Å². The van der Waals surface area contributed by atoms with E-state index in [0.29, 0.717) is 11.6 Å². The molecular weight excluding hydrogens is 284 g/mol. The highest BCUT2D eigenvalue weighted by atomic mass is 32.1. The summed E-state index contributed by atoms with van der Waals surface area (Å²) in [6.07, 6.45) is 3.89. The summed E-state index contributed by atoms with van der Waals surface area (Å²) in [5, 5.41) is 5.95. The van der Waals surface area contributed by atoms with E-state index >= 15 is 0 Å². The van der Waals surface area contributed by atoms with E-state index in [1.54, 1.807) is 11.3 Å². The lowest BCUT2D eigenvalue weighted by Crippen LogP contribution is -2.41. The number of thiazole rings is 1. The average Bonchev–Trinajstić information content (AvgIpc) is 3.03. The van der Waals surface area contributed by atoms with Crippen LogP contribution in [0, 0.1) is 6.92 Å². The molecule has 0 bridgehead atoms. The molecule has 0 spiro atoms. The van der Waals surface area contributed by atoms with Crippen LogP contribution in [0.25, 0.3) is 0 Å². The van der Waals surface area contributed by atoms with Crippen molar-refractivity contribution in [2.45, 2.75) is 52.1 Å². The second-order valence-corrected chi connectivity index (χ2v) is 6.78. The molecular formula is C15H20N4OS. The molecule has 1 atom stereocenters. The van der Waals surface area contributed by atoms with Crippen molar-refractivity contribution in [2.75, 3.05) is 0 Å². The van der Waals surface area contributed by atoms with Crippen molar-refractivity contribution in [3.8, 4) is 0 Å². The fraction of sp³-hybridized carbons (Fsp3) is 0.533. The molecule has 112 valence electrons. The number of nitrogens with zero attached hydrogens (tertiary/aromatic N) is 3. The molecule has 1 aliphatic rings. The number of rotatable bonds is 3. The van der Waals surface area contributed by atoms with E-state index in [2.05, 4.69) is 33.7 Å². The Kier molecular flexibility index (Phi) is 3.80. The van der Waals surface area contributed by atoms with Gasteiger partial charge in [-0.15, -0.1) is 11.3 Å². The van der Waals surface area contributed by atoms with Crippen LogP contribution < -0.4 is 5.32 Å². The Morgan fingerprint density at radius 2 is 2.29 bits per heavy atom. The molecule has 0 unspecified atom stereocenters. The maximum absolute atomic E-state index is 12.3. The van der Waals surface area contributed by atoms with E-state index in [0.717, 1.165) is 35.9 Å². The zero-order valence-corrected chi connectivity index (χ0v) is 13.4. The summed E-state index contributed by atoms with van der Waals surface area (Å²) >= 11 is 1.55. The number of amides is 1. The van der Waals surface area contributed by atoms with Gasteiger partial charge in [0.25, 0.3) is 5.91 Å². The number of hydrogen-bond donors (Lipinski definition) is 1. The van der Waals surface area contributed by atoms with E-state index in [4.69, 9.17) is 0 Å². The first-order chi connectivity index (χ1) is 10.0. The fourth-order valence-corrected chi connectivity index (χ4v) is 3.44. The molecule has 0 aliphatic carbocycles. The van der Waals surface area contributed by atoms with E-state index in [1.807, 2.05) is 18.5 Å². The number of imidazole rings is 1. The first-order valence-electron chi connectivity index (χ1n) is 7.32. The molecule has 3 heterocycles. The molecule has 3 rings (SSSR count). The molecule has 0 saturated heterocycles. The zero-order chi connectivity index (χ0) is 15.0. The van der Waals surface area contributed by atoms with Crippen molar-refractivity contribution in [2.24, 2.45) is 0 Å². The zero-order valence-electron chi connectivity index (χ0n) is 12.6. The van der Waals surface area contributed by atoms with Crippen LogP contribution in [-0.4, -0.2) is 26.5 Å². The first kappa shape index (κ1) is 14.3. The summed E-state index contributed by atoms with van der Waals surface area (Å²) in [6, 6.07) is 0.155. The van der Waals surface area contributed by atoms with Crippen LogP contribution in [0.15, 0.2) is 11.6 Å². The largest absolute Gasteiger partial charge is 0.346 e. The summed E-state index contributed by atoms with van der Waals surface area (Å²) in [4.78, 5) is 21.2. The minimum absolute atomic E-state index is 0.0663. The molecule has 0 radical (unpaired) electrons. The molecule has 2 aromatic heterocycles. The predicted molar refractivity (Wildman–Crippen MR) is 82.7 cm³/mol. The number of aryl methyl sites for hydroxylation is 2. The second-order valence-electron chi connectivity index (χ2n) is 5.89. The van der Waals surface area contributed by atoms with Crippen LogP contribution in [0.2, 0.25) is 0 Å². The van der Waals surface area contributed by atoms with Crippen LogP contribution in [0.4, 0.5) is 0 Å². The second kappa shape index (κ2) is 5.60. The van der Waals surface area contributed by atoms with Gasteiger partial charge in [-0.2, -0.15) is 0 Å². The van der Waals surface area contributed by atoms with E-state index in [1.165, 1.54) is 0 Å². The molecule has 0 aromatic carbocycles. The monoisotopic (exact) mass is 304 g/mol. The van der Waals surface area contributed by atoms with Gasteiger partial charge in [-0.1, -0.05) is 13.8 Å². The van der Waals surface area contributed by atoms with Gasteiger partial charge in [-0.3, -0.25) is 4.79 Å². The number of carbonyl (C=O) groups is 1. The van der Waals surface area contributed by atoms with Crippen molar-refractivity contribution in [1.82, 2.24) is 19.9 Å². The van der Waals surface area contributed by atoms with Gasteiger partial charge in [0.15, 0.2) is 0 Å². The van der Waals surface area contributed by atoms with Crippen LogP contribution in [-0.2, 0) is 13.0 Å². The molecule has 1 aliphatic heterocycles. The maximum Gasteiger partial charge on any atom is 0.271 e. The van der Waals surface area contributed by atoms with Gasteiger partial charge < -0.3 is 9.88 Å². The highest BCUT2D eigenvalue weighted by Gasteiger charge is 2.22. The number of carbonyl (C=O) groups excluding carboxylic acids is 1. The van der Waals surface area contributed by atoms with Crippen molar-refractivity contribution in [3.63, 3.8) is 0 Å². The fourth-order valence-electron chi connectivity index (χ4n) is 2.62. The summed E-state index contributed by atoms with van der Waals surface area (Å²) in [5.41, 5.74) is 1.58.